The van der Waals surface area contributed by atoms with Crippen molar-refractivity contribution in [3.63, 3.8) is 0 Å². The van der Waals surface area contributed by atoms with Crippen LogP contribution < -0.4 is 5.73 Å². The van der Waals surface area contributed by atoms with Gasteiger partial charge in [0.05, 0.1) is 11.0 Å². The minimum atomic E-state index is 0.322. The van der Waals surface area contributed by atoms with E-state index in [9.17, 15) is 0 Å². The minimum absolute atomic E-state index is 0.322. The van der Waals surface area contributed by atoms with Gasteiger partial charge in [0.15, 0.2) is 0 Å². The molecule has 0 aliphatic carbocycles. The molecule has 2 saturated heterocycles. The third kappa shape index (κ3) is 2.55. The van der Waals surface area contributed by atoms with Crippen LogP contribution in [0.3, 0.4) is 0 Å². The van der Waals surface area contributed by atoms with E-state index in [0.717, 1.165) is 25.6 Å². The summed E-state index contributed by atoms with van der Waals surface area (Å²) in [6.07, 6.45) is 5.09. The Bertz CT molecular complexity index is 251. The topological polar surface area (TPSA) is 32.5 Å². The molecule has 0 aromatic heterocycles. The molecule has 2 atom stereocenters. The lowest BCUT2D eigenvalue weighted by Crippen LogP contribution is -2.44. The molecule has 2 unspecified atom stereocenters. The fraction of sp³-hybridized carbons (Fsp3) is 0.917. The molecular weight excluding hydrogens is 218 g/mol. The minimum Gasteiger partial charge on any atom is -0.392 e. The second kappa shape index (κ2) is 5.43. The third-order valence-electron chi connectivity index (χ3n) is 4.01. The van der Waals surface area contributed by atoms with Gasteiger partial charge >= 0.3 is 0 Å². The van der Waals surface area contributed by atoms with E-state index in [1.54, 1.807) is 0 Å². The van der Waals surface area contributed by atoms with Crippen molar-refractivity contribution in [1.82, 2.24) is 9.80 Å². The quantitative estimate of drug-likeness (QED) is 0.750. The highest BCUT2D eigenvalue weighted by atomic mass is 32.1. The van der Waals surface area contributed by atoms with Gasteiger partial charge in [0, 0.05) is 19.1 Å². The molecule has 2 aliphatic heterocycles. The molecule has 2 N–H and O–H groups in total. The number of rotatable bonds is 4. The summed E-state index contributed by atoms with van der Waals surface area (Å²) in [7, 11) is 0. The van der Waals surface area contributed by atoms with Gasteiger partial charge in [-0.2, -0.15) is 0 Å². The summed E-state index contributed by atoms with van der Waals surface area (Å²) in [4.78, 5) is 5.79. The second-order valence-electron chi connectivity index (χ2n) is 5.01. The van der Waals surface area contributed by atoms with Crippen LogP contribution in [0.2, 0.25) is 0 Å². The Morgan fingerprint density at radius 3 is 2.62 bits per heavy atom. The first-order chi connectivity index (χ1) is 7.72. The molecule has 2 heterocycles. The maximum Gasteiger partial charge on any atom is 0.0901 e. The molecule has 0 aromatic rings. The standard InChI is InChI=1S/C12H23N3S/c1-2-11(12(13)16)15-8-5-10(9-15)14-6-3-4-7-14/h10-11H,2-9H2,1H3,(H2,13,16). The number of nitrogens with two attached hydrogens (primary N) is 1. The highest BCUT2D eigenvalue weighted by Crippen LogP contribution is 2.22. The van der Waals surface area contributed by atoms with Crippen LogP contribution >= 0.6 is 12.2 Å². The van der Waals surface area contributed by atoms with Crippen molar-refractivity contribution in [2.75, 3.05) is 26.2 Å². The van der Waals surface area contributed by atoms with Crippen LogP contribution in [0, 0.1) is 0 Å². The van der Waals surface area contributed by atoms with E-state index in [1.807, 2.05) is 0 Å². The van der Waals surface area contributed by atoms with Crippen LogP contribution in [0.4, 0.5) is 0 Å². The van der Waals surface area contributed by atoms with E-state index >= 15 is 0 Å². The SMILES string of the molecule is CCC(C(N)=S)N1CCC(N2CCCC2)C1. The Morgan fingerprint density at radius 2 is 2.06 bits per heavy atom. The summed E-state index contributed by atoms with van der Waals surface area (Å²) >= 11 is 5.15. The molecule has 0 aromatic carbocycles. The van der Waals surface area contributed by atoms with E-state index in [-0.39, 0.29) is 0 Å². The van der Waals surface area contributed by atoms with E-state index in [1.165, 1.54) is 32.4 Å². The average Bonchev–Trinajstić information content (AvgIpc) is 2.86. The number of hydrogen-bond donors (Lipinski definition) is 1. The maximum atomic E-state index is 5.80. The summed E-state index contributed by atoms with van der Waals surface area (Å²) in [5, 5.41) is 0. The molecule has 16 heavy (non-hydrogen) atoms. The van der Waals surface area contributed by atoms with Gasteiger partial charge in [-0.3, -0.25) is 9.80 Å². The molecule has 0 spiro atoms. The van der Waals surface area contributed by atoms with Crippen LogP contribution in [0.25, 0.3) is 0 Å². The van der Waals surface area contributed by atoms with Crippen LogP contribution in [0.5, 0.6) is 0 Å². The zero-order valence-corrected chi connectivity index (χ0v) is 11.0. The Hall–Kier alpha value is -0.190. The normalized spacial score (nSPS) is 29.7. The molecular formula is C12H23N3S. The summed E-state index contributed by atoms with van der Waals surface area (Å²) in [5.74, 6) is 0. The van der Waals surface area contributed by atoms with Gasteiger partial charge in [-0.1, -0.05) is 19.1 Å². The van der Waals surface area contributed by atoms with Crippen LogP contribution in [0.1, 0.15) is 32.6 Å². The van der Waals surface area contributed by atoms with Crippen molar-refractivity contribution in [1.29, 1.82) is 0 Å². The van der Waals surface area contributed by atoms with Gasteiger partial charge in [0.2, 0.25) is 0 Å². The van der Waals surface area contributed by atoms with E-state index in [2.05, 4.69) is 16.7 Å². The second-order valence-corrected chi connectivity index (χ2v) is 5.48. The van der Waals surface area contributed by atoms with Gasteiger partial charge in [0.25, 0.3) is 0 Å². The van der Waals surface area contributed by atoms with Crippen molar-refractivity contribution in [2.24, 2.45) is 5.73 Å². The van der Waals surface area contributed by atoms with Gasteiger partial charge in [-0.15, -0.1) is 0 Å². The predicted molar refractivity (Wildman–Crippen MR) is 71.6 cm³/mol. The van der Waals surface area contributed by atoms with Crippen LogP contribution in [0.15, 0.2) is 0 Å². The van der Waals surface area contributed by atoms with Crippen molar-refractivity contribution < 1.29 is 0 Å². The number of nitrogens with zero attached hydrogens (tertiary/aromatic N) is 2. The third-order valence-corrected chi connectivity index (χ3v) is 4.28. The predicted octanol–water partition coefficient (Wildman–Crippen LogP) is 1.22. The Morgan fingerprint density at radius 1 is 1.38 bits per heavy atom. The zero-order valence-electron chi connectivity index (χ0n) is 10.2. The lowest BCUT2D eigenvalue weighted by atomic mass is 10.2. The molecule has 92 valence electrons. The molecule has 0 bridgehead atoms. The number of likely N-dealkylation sites (tertiary alicyclic amines) is 2. The molecule has 0 saturated carbocycles. The molecule has 0 radical (unpaired) electrons. The lowest BCUT2D eigenvalue weighted by molar-refractivity contribution is 0.221. The van der Waals surface area contributed by atoms with Gasteiger partial charge in [-0.25, -0.2) is 0 Å². The van der Waals surface area contributed by atoms with Crippen molar-refractivity contribution in [2.45, 2.75) is 44.7 Å². The fourth-order valence-corrected chi connectivity index (χ4v) is 3.41. The fourth-order valence-electron chi connectivity index (χ4n) is 3.10. The Labute approximate surface area is 104 Å². The molecule has 2 fully saturated rings. The van der Waals surface area contributed by atoms with Gasteiger partial charge in [0.1, 0.15) is 0 Å². The summed E-state index contributed by atoms with van der Waals surface area (Å²) in [6, 6.07) is 1.08. The monoisotopic (exact) mass is 241 g/mol. The van der Waals surface area contributed by atoms with Crippen LogP contribution in [-0.4, -0.2) is 53.1 Å². The van der Waals surface area contributed by atoms with E-state index < -0.39 is 0 Å². The zero-order chi connectivity index (χ0) is 11.5. The Balaban J connectivity index is 1.88. The molecule has 0 amide bonds. The van der Waals surface area contributed by atoms with Crippen LogP contribution in [-0.2, 0) is 0 Å². The maximum absolute atomic E-state index is 5.80. The van der Waals surface area contributed by atoms with Crippen molar-refractivity contribution in [3.05, 3.63) is 0 Å². The smallest absolute Gasteiger partial charge is 0.0901 e. The first-order valence-corrected chi connectivity index (χ1v) is 6.90. The average molecular weight is 241 g/mol. The summed E-state index contributed by atoms with van der Waals surface area (Å²) < 4.78 is 0. The van der Waals surface area contributed by atoms with E-state index in [0.29, 0.717) is 11.0 Å². The largest absolute Gasteiger partial charge is 0.392 e. The molecule has 2 aliphatic rings. The molecule has 3 nitrogen and oxygen atoms in total. The Kier molecular flexibility index (Phi) is 4.16. The molecule has 4 heteroatoms. The van der Waals surface area contributed by atoms with Gasteiger partial charge in [-0.05, 0) is 38.8 Å². The summed E-state index contributed by atoms with van der Waals surface area (Å²) in [5.41, 5.74) is 5.80. The van der Waals surface area contributed by atoms with Crippen molar-refractivity contribution >= 4 is 17.2 Å². The number of thiocarbonyl (C=S) groups is 1. The summed E-state index contributed by atoms with van der Waals surface area (Å²) in [6.45, 7) is 7.09. The molecule has 2 rings (SSSR count). The highest BCUT2D eigenvalue weighted by Gasteiger charge is 2.32. The lowest BCUT2D eigenvalue weighted by Gasteiger charge is -2.28. The van der Waals surface area contributed by atoms with E-state index in [4.69, 9.17) is 18.0 Å². The number of hydrogen-bond acceptors (Lipinski definition) is 3. The first-order valence-electron chi connectivity index (χ1n) is 6.49. The first kappa shape index (κ1) is 12.3. The van der Waals surface area contributed by atoms with Gasteiger partial charge < -0.3 is 5.73 Å². The van der Waals surface area contributed by atoms with Crippen molar-refractivity contribution in [3.8, 4) is 0 Å². The highest BCUT2D eigenvalue weighted by molar-refractivity contribution is 7.80.